The average Bonchev–Trinajstić information content (AvgIpc) is 2.84. The van der Waals surface area contributed by atoms with Crippen LogP contribution in [0.3, 0.4) is 0 Å². The van der Waals surface area contributed by atoms with Crippen LogP contribution in [-0.2, 0) is 14.4 Å². The van der Waals surface area contributed by atoms with Crippen molar-refractivity contribution in [3.05, 3.63) is 0 Å². The average molecular weight is 306 g/mol. The van der Waals surface area contributed by atoms with E-state index in [1.54, 1.807) is 0 Å². The van der Waals surface area contributed by atoms with Crippen LogP contribution in [0.2, 0.25) is 0 Å². The van der Waals surface area contributed by atoms with Crippen LogP contribution in [-0.4, -0.2) is 35.2 Å². The zero-order valence-electron chi connectivity index (χ0n) is 13.2. The Morgan fingerprint density at radius 2 is 1.68 bits per heavy atom. The molecule has 0 aromatic carbocycles. The van der Waals surface area contributed by atoms with Gasteiger partial charge in [-0.25, -0.2) is 0 Å². The van der Waals surface area contributed by atoms with E-state index in [9.17, 15) is 14.4 Å². The minimum atomic E-state index is -0.138. The molecule has 1 N–H and O–H groups in total. The molecule has 3 fully saturated rings. The van der Waals surface area contributed by atoms with Crippen molar-refractivity contribution in [2.24, 2.45) is 11.8 Å². The summed E-state index contributed by atoms with van der Waals surface area (Å²) in [6.45, 7) is 0.238. The first-order valence-corrected chi connectivity index (χ1v) is 8.76. The van der Waals surface area contributed by atoms with Crippen molar-refractivity contribution in [1.82, 2.24) is 10.2 Å². The quantitative estimate of drug-likeness (QED) is 0.808. The summed E-state index contributed by atoms with van der Waals surface area (Å²) in [6.07, 6.45) is 9.64. The fraction of sp³-hybridized carbons (Fsp3) is 0.824. The van der Waals surface area contributed by atoms with Crippen LogP contribution in [0.1, 0.15) is 64.2 Å². The summed E-state index contributed by atoms with van der Waals surface area (Å²) in [5.74, 6) is 1.36. The smallest absolute Gasteiger partial charge is 0.229 e. The lowest BCUT2D eigenvalue weighted by Gasteiger charge is -2.39. The molecular weight excluding hydrogens is 280 g/mol. The topological polar surface area (TPSA) is 66.5 Å². The third-order valence-electron chi connectivity index (χ3n) is 5.62. The monoisotopic (exact) mass is 306 g/mol. The van der Waals surface area contributed by atoms with Gasteiger partial charge in [0.2, 0.25) is 17.7 Å². The van der Waals surface area contributed by atoms with Gasteiger partial charge in [0.1, 0.15) is 0 Å². The number of carbonyl (C=O) groups excluding carboxylic acids is 3. The van der Waals surface area contributed by atoms with E-state index in [2.05, 4.69) is 5.32 Å². The van der Waals surface area contributed by atoms with Crippen LogP contribution in [0.5, 0.6) is 0 Å². The molecule has 0 aromatic rings. The molecule has 22 heavy (non-hydrogen) atoms. The second-order valence-electron chi connectivity index (χ2n) is 7.07. The van der Waals surface area contributed by atoms with Gasteiger partial charge in [0.25, 0.3) is 0 Å². The Hall–Kier alpha value is -1.39. The summed E-state index contributed by atoms with van der Waals surface area (Å²) in [4.78, 5) is 36.4. The van der Waals surface area contributed by atoms with E-state index in [4.69, 9.17) is 0 Å². The van der Waals surface area contributed by atoms with E-state index in [0.717, 1.165) is 24.7 Å². The van der Waals surface area contributed by atoms with Crippen molar-refractivity contribution in [1.29, 1.82) is 0 Å². The van der Waals surface area contributed by atoms with E-state index in [1.807, 2.05) is 0 Å². The van der Waals surface area contributed by atoms with Crippen LogP contribution in [0.4, 0.5) is 0 Å². The van der Waals surface area contributed by atoms with Crippen molar-refractivity contribution in [3.8, 4) is 0 Å². The molecule has 0 aromatic heterocycles. The summed E-state index contributed by atoms with van der Waals surface area (Å²) >= 11 is 0. The number of nitrogens with one attached hydrogen (secondary N) is 1. The predicted octanol–water partition coefficient (Wildman–Crippen LogP) is 2.00. The number of nitrogens with zero attached hydrogens (tertiary/aromatic N) is 1. The van der Waals surface area contributed by atoms with Crippen molar-refractivity contribution < 1.29 is 14.4 Å². The minimum absolute atomic E-state index is 0.0215. The Morgan fingerprint density at radius 1 is 1.00 bits per heavy atom. The predicted molar refractivity (Wildman–Crippen MR) is 81.8 cm³/mol. The summed E-state index contributed by atoms with van der Waals surface area (Å²) < 4.78 is 0. The van der Waals surface area contributed by atoms with Crippen molar-refractivity contribution in [3.63, 3.8) is 0 Å². The maximum absolute atomic E-state index is 12.1. The van der Waals surface area contributed by atoms with Gasteiger partial charge in [0.15, 0.2) is 0 Å². The molecule has 0 spiro atoms. The molecule has 2 aliphatic carbocycles. The van der Waals surface area contributed by atoms with Crippen molar-refractivity contribution >= 4 is 17.7 Å². The second-order valence-corrected chi connectivity index (χ2v) is 7.07. The summed E-state index contributed by atoms with van der Waals surface area (Å²) in [7, 11) is 0. The summed E-state index contributed by atoms with van der Waals surface area (Å²) in [5, 5.41) is 3.12. The molecule has 122 valence electrons. The van der Waals surface area contributed by atoms with Gasteiger partial charge in [-0.2, -0.15) is 0 Å². The third-order valence-corrected chi connectivity index (χ3v) is 5.62. The normalized spacial score (nSPS) is 32.0. The van der Waals surface area contributed by atoms with Gasteiger partial charge in [0.05, 0.1) is 0 Å². The Morgan fingerprint density at radius 3 is 2.41 bits per heavy atom. The lowest BCUT2D eigenvalue weighted by Crippen LogP contribution is -2.43. The van der Waals surface area contributed by atoms with Crippen LogP contribution in [0.15, 0.2) is 0 Å². The van der Waals surface area contributed by atoms with Crippen LogP contribution in [0, 0.1) is 11.8 Å². The minimum Gasteiger partial charge on any atom is -0.353 e. The van der Waals surface area contributed by atoms with Crippen molar-refractivity contribution in [2.45, 2.75) is 70.3 Å². The number of amides is 3. The first-order chi connectivity index (χ1) is 10.6. The first-order valence-electron chi connectivity index (χ1n) is 8.76. The lowest BCUT2D eigenvalue weighted by atomic mass is 9.69. The largest absolute Gasteiger partial charge is 0.353 e. The molecule has 3 amide bonds. The molecule has 3 aliphatic rings. The molecule has 2 saturated carbocycles. The zero-order chi connectivity index (χ0) is 15.5. The second kappa shape index (κ2) is 6.80. The number of hydrogen-bond donors (Lipinski definition) is 1. The third kappa shape index (κ3) is 3.50. The number of likely N-dealkylation sites (tertiary alicyclic amines) is 1. The number of carbonyl (C=O) groups is 3. The Bertz CT molecular complexity index is 447. The molecule has 1 aliphatic heterocycles. The molecule has 1 saturated heterocycles. The number of imide groups is 1. The maximum atomic E-state index is 12.1. The highest BCUT2D eigenvalue weighted by Gasteiger charge is 2.33. The Balaban J connectivity index is 1.42. The van der Waals surface area contributed by atoms with Crippen molar-refractivity contribution in [2.75, 3.05) is 6.54 Å². The SMILES string of the molecule is O=C(CCN1C(=O)CCC1=O)N[C@@H]1CC[C@@H]2CCCC[C@H]2C1. The number of rotatable bonds is 4. The van der Waals surface area contributed by atoms with Gasteiger partial charge in [0, 0.05) is 31.8 Å². The highest BCUT2D eigenvalue weighted by Crippen LogP contribution is 2.40. The molecular formula is C17H26N2O3. The molecule has 5 heteroatoms. The van der Waals surface area contributed by atoms with Gasteiger partial charge in [-0.1, -0.05) is 25.7 Å². The molecule has 1 heterocycles. The van der Waals surface area contributed by atoms with E-state index in [0.29, 0.717) is 12.8 Å². The fourth-order valence-corrected chi connectivity index (χ4v) is 4.39. The zero-order valence-corrected chi connectivity index (χ0v) is 13.2. The van der Waals surface area contributed by atoms with E-state index in [-0.39, 0.29) is 36.7 Å². The molecule has 5 nitrogen and oxygen atoms in total. The summed E-state index contributed by atoms with van der Waals surface area (Å²) in [5.41, 5.74) is 0. The van der Waals surface area contributed by atoms with Gasteiger partial charge in [-0.15, -0.1) is 0 Å². The fourth-order valence-electron chi connectivity index (χ4n) is 4.39. The molecule has 0 bridgehead atoms. The van der Waals surface area contributed by atoms with Gasteiger partial charge in [-0.3, -0.25) is 19.3 Å². The molecule has 3 rings (SSSR count). The van der Waals surface area contributed by atoms with Crippen LogP contribution >= 0.6 is 0 Å². The molecule has 0 radical (unpaired) electrons. The highest BCUT2D eigenvalue weighted by molar-refractivity contribution is 6.02. The van der Waals surface area contributed by atoms with E-state index < -0.39 is 0 Å². The van der Waals surface area contributed by atoms with Crippen LogP contribution in [0.25, 0.3) is 0 Å². The van der Waals surface area contributed by atoms with Crippen LogP contribution < -0.4 is 5.32 Å². The number of hydrogen-bond acceptors (Lipinski definition) is 3. The lowest BCUT2D eigenvalue weighted by molar-refractivity contribution is -0.138. The van der Waals surface area contributed by atoms with E-state index in [1.165, 1.54) is 37.0 Å². The standard InChI is InChI=1S/C17H26N2O3/c20-15(9-10-19-16(21)7-8-17(19)22)18-14-6-5-12-3-1-2-4-13(12)11-14/h12-14H,1-11H2,(H,18,20)/t12-,13-,14+/m0/s1. The Kier molecular flexibility index (Phi) is 4.79. The molecule has 0 unspecified atom stereocenters. The van der Waals surface area contributed by atoms with E-state index >= 15 is 0 Å². The summed E-state index contributed by atoms with van der Waals surface area (Å²) in [6, 6.07) is 0.289. The Labute approximate surface area is 131 Å². The van der Waals surface area contributed by atoms with Gasteiger partial charge < -0.3 is 5.32 Å². The van der Waals surface area contributed by atoms with Gasteiger partial charge >= 0.3 is 0 Å². The van der Waals surface area contributed by atoms with Gasteiger partial charge in [-0.05, 0) is 31.1 Å². The molecule has 3 atom stereocenters. The number of fused-ring (bicyclic) bond motifs is 1. The maximum Gasteiger partial charge on any atom is 0.229 e. The first kappa shape index (κ1) is 15.5. The highest BCUT2D eigenvalue weighted by atomic mass is 16.2.